The maximum Gasteiger partial charge on any atom is 0.329 e. The number of rotatable bonds is 3. The second-order valence-corrected chi connectivity index (χ2v) is 4.10. The van der Waals surface area contributed by atoms with E-state index in [0.29, 0.717) is 26.1 Å². The molecule has 2 N–H and O–H groups in total. The van der Waals surface area contributed by atoms with Crippen molar-refractivity contribution in [1.82, 2.24) is 0 Å². The molecule has 0 bridgehead atoms. The zero-order valence-corrected chi connectivity index (χ0v) is 9.28. The lowest BCUT2D eigenvalue weighted by molar-refractivity contribution is -0.145. The molecule has 1 saturated heterocycles. The molecule has 0 amide bonds. The Labute approximate surface area is 98.4 Å². The Bertz CT molecular complexity index is 416. The van der Waals surface area contributed by atoms with Crippen LogP contribution in [0.3, 0.4) is 0 Å². The van der Waals surface area contributed by atoms with Crippen LogP contribution in [-0.4, -0.2) is 29.8 Å². The molecule has 1 aliphatic heterocycles. The predicted molar refractivity (Wildman–Crippen MR) is 60.4 cm³/mol. The number of carboxylic acid groups (broad SMARTS) is 1. The van der Waals surface area contributed by atoms with Gasteiger partial charge in [0, 0.05) is 26.1 Å². The predicted octanol–water partition coefficient (Wildman–Crippen LogP) is 1.87. The van der Waals surface area contributed by atoms with E-state index in [9.17, 15) is 14.3 Å². The summed E-state index contributed by atoms with van der Waals surface area (Å²) in [6.07, 6.45) is 0.660. The van der Waals surface area contributed by atoms with Gasteiger partial charge in [-0.05, 0) is 12.1 Å². The monoisotopic (exact) mass is 239 g/mol. The first kappa shape index (κ1) is 11.9. The first-order valence-corrected chi connectivity index (χ1v) is 5.48. The fraction of sp³-hybridized carbons (Fsp3) is 0.417. The van der Waals surface area contributed by atoms with E-state index < -0.39 is 17.3 Å². The second-order valence-electron chi connectivity index (χ2n) is 4.10. The number of carbonyl (C=O) groups is 1. The highest BCUT2D eigenvalue weighted by molar-refractivity contribution is 5.83. The van der Waals surface area contributed by atoms with E-state index in [1.165, 1.54) is 12.1 Å². The highest BCUT2D eigenvalue weighted by Gasteiger charge is 2.40. The average molecular weight is 239 g/mol. The Kier molecular flexibility index (Phi) is 3.28. The normalized spacial score (nSPS) is 18.6. The molecule has 5 heteroatoms. The smallest absolute Gasteiger partial charge is 0.329 e. The molecular formula is C12H14FNO3. The van der Waals surface area contributed by atoms with Gasteiger partial charge in [0.15, 0.2) is 0 Å². The molecule has 0 aliphatic carbocycles. The fourth-order valence-electron chi connectivity index (χ4n) is 1.93. The van der Waals surface area contributed by atoms with Crippen LogP contribution in [0.25, 0.3) is 0 Å². The fourth-order valence-corrected chi connectivity index (χ4v) is 1.93. The summed E-state index contributed by atoms with van der Waals surface area (Å²) < 4.78 is 18.6. The molecule has 2 rings (SSSR count). The SMILES string of the molecule is O=C(O)C1(Nc2ccccc2F)CCOCC1. The van der Waals surface area contributed by atoms with Crippen LogP contribution in [0.4, 0.5) is 10.1 Å². The lowest BCUT2D eigenvalue weighted by Crippen LogP contribution is -2.50. The Morgan fingerprint density at radius 1 is 1.35 bits per heavy atom. The summed E-state index contributed by atoms with van der Waals surface area (Å²) in [7, 11) is 0. The minimum atomic E-state index is -1.12. The molecule has 1 aromatic carbocycles. The molecule has 0 atom stereocenters. The van der Waals surface area contributed by atoms with E-state index in [1.54, 1.807) is 12.1 Å². The van der Waals surface area contributed by atoms with Crippen LogP contribution in [0.15, 0.2) is 24.3 Å². The van der Waals surface area contributed by atoms with Crippen molar-refractivity contribution in [2.45, 2.75) is 18.4 Å². The molecule has 1 aliphatic rings. The van der Waals surface area contributed by atoms with Crippen molar-refractivity contribution in [2.75, 3.05) is 18.5 Å². The van der Waals surface area contributed by atoms with E-state index in [1.807, 2.05) is 0 Å². The van der Waals surface area contributed by atoms with Gasteiger partial charge in [-0.3, -0.25) is 0 Å². The third-order valence-electron chi connectivity index (χ3n) is 3.00. The number of aliphatic carboxylic acids is 1. The van der Waals surface area contributed by atoms with Gasteiger partial charge in [-0.15, -0.1) is 0 Å². The topological polar surface area (TPSA) is 58.6 Å². The largest absolute Gasteiger partial charge is 0.480 e. The maximum absolute atomic E-state index is 13.5. The highest BCUT2D eigenvalue weighted by atomic mass is 19.1. The number of hydrogen-bond donors (Lipinski definition) is 2. The first-order valence-electron chi connectivity index (χ1n) is 5.48. The van der Waals surface area contributed by atoms with Crippen molar-refractivity contribution >= 4 is 11.7 Å². The lowest BCUT2D eigenvalue weighted by Gasteiger charge is -2.34. The van der Waals surface area contributed by atoms with Crippen LogP contribution in [0.2, 0.25) is 0 Å². The maximum atomic E-state index is 13.5. The molecule has 0 aromatic heterocycles. The third kappa shape index (κ3) is 2.39. The van der Waals surface area contributed by atoms with Crippen molar-refractivity contribution < 1.29 is 19.0 Å². The Hall–Kier alpha value is -1.62. The number of ether oxygens (including phenoxy) is 1. The molecule has 0 spiro atoms. The van der Waals surface area contributed by atoms with Crippen LogP contribution >= 0.6 is 0 Å². The number of carboxylic acids is 1. The third-order valence-corrected chi connectivity index (χ3v) is 3.00. The van der Waals surface area contributed by atoms with Crippen molar-refractivity contribution in [3.8, 4) is 0 Å². The molecular weight excluding hydrogens is 225 g/mol. The van der Waals surface area contributed by atoms with E-state index in [-0.39, 0.29) is 5.69 Å². The lowest BCUT2D eigenvalue weighted by atomic mass is 9.90. The van der Waals surface area contributed by atoms with Crippen LogP contribution in [0, 0.1) is 5.82 Å². The molecule has 92 valence electrons. The van der Waals surface area contributed by atoms with Gasteiger partial charge in [0.25, 0.3) is 0 Å². The highest BCUT2D eigenvalue weighted by Crippen LogP contribution is 2.27. The zero-order chi connectivity index (χ0) is 12.3. The second kappa shape index (κ2) is 4.71. The molecule has 0 radical (unpaired) electrons. The number of para-hydroxylation sites is 1. The number of benzene rings is 1. The first-order chi connectivity index (χ1) is 8.14. The number of hydrogen-bond acceptors (Lipinski definition) is 3. The molecule has 4 nitrogen and oxygen atoms in total. The molecule has 1 heterocycles. The van der Waals surface area contributed by atoms with Gasteiger partial charge in [-0.2, -0.15) is 0 Å². The minimum absolute atomic E-state index is 0.219. The van der Waals surface area contributed by atoms with E-state index in [2.05, 4.69) is 5.32 Å². The molecule has 17 heavy (non-hydrogen) atoms. The standard InChI is InChI=1S/C12H14FNO3/c13-9-3-1-2-4-10(9)14-12(11(15)16)5-7-17-8-6-12/h1-4,14H,5-8H2,(H,15,16). The summed E-state index contributed by atoms with van der Waals surface area (Å²) in [5.74, 6) is -1.41. The van der Waals surface area contributed by atoms with E-state index in [0.717, 1.165) is 0 Å². The number of anilines is 1. The van der Waals surface area contributed by atoms with Gasteiger partial charge in [-0.25, -0.2) is 9.18 Å². The molecule has 0 unspecified atom stereocenters. The Balaban J connectivity index is 2.24. The van der Waals surface area contributed by atoms with Crippen LogP contribution in [-0.2, 0) is 9.53 Å². The Morgan fingerprint density at radius 3 is 2.59 bits per heavy atom. The van der Waals surface area contributed by atoms with Crippen LogP contribution in [0.1, 0.15) is 12.8 Å². The van der Waals surface area contributed by atoms with Gasteiger partial charge in [0.05, 0.1) is 5.69 Å². The van der Waals surface area contributed by atoms with Crippen molar-refractivity contribution in [3.05, 3.63) is 30.1 Å². The van der Waals surface area contributed by atoms with Gasteiger partial charge in [0.1, 0.15) is 11.4 Å². The number of nitrogens with one attached hydrogen (secondary N) is 1. The van der Waals surface area contributed by atoms with Crippen molar-refractivity contribution in [3.63, 3.8) is 0 Å². The van der Waals surface area contributed by atoms with E-state index >= 15 is 0 Å². The molecule has 1 aromatic rings. The van der Waals surface area contributed by atoms with Gasteiger partial charge in [0.2, 0.25) is 0 Å². The van der Waals surface area contributed by atoms with Crippen LogP contribution < -0.4 is 5.32 Å². The molecule has 1 fully saturated rings. The van der Waals surface area contributed by atoms with Gasteiger partial charge < -0.3 is 15.2 Å². The van der Waals surface area contributed by atoms with Crippen molar-refractivity contribution in [1.29, 1.82) is 0 Å². The van der Waals surface area contributed by atoms with Crippen LogP contribution in [0.5, 0.6) is 0 Å². The molecule has 0 saturated carbocycles. The van der Waals surface area contributed by atoms with Crippen molar-refractivity contribution in [2.24, 2.45) is 0 Å². The van der Waals surface area contributed by atoms with E-state index in [4.69, 9.17) is 4.74 Å². The summed E-state index contributed by atoms with van der Waals surface area (Å²) in [5, 5.41) is 12.1. The number of halogens is 1. The summed E-state index contributed by atoms with van der Waals surface area (Å²) in [6.45, 7) is 0.738. The summed E-state index contributed by atoms with van der Waals surface area (Å²) in [4.78, 5) is 11.4. The summed E-state index contributed by atoms with van der Waals surface area (Å²) in [6, 6.07) is 6.07. The Morgan fingerprint density at radius 2 is 2.00 bits per heavy atom. The summed E-state index contributed by atoms with van der Waals surface area (Å²) >= 11 is 0. The average Bonchev–Trinajstić information content (AvgIpc) is 2.33. The quantitative estimate of drug-likeness (QED) is 0.845. The summed E-state index contributed by atoms with van der Waals surface area (Å²) in [5.41, 5.74) is -0.905. The van der Waals surface area contributed by atoms with Gasteiger partial charge in [-0.1, -0.05) is 12.1 Å². The van der Waals surface area contributed by atoms with Gasteiger partial charge >= 0.3 is 5.97 Å². The zero-order valence-electron chi connectivity index (χ0n) is 9.28. The minimum Gasteiger partial charge on any atom is -0.480 e.